The van der Waals surface area contributed by atoms with E-state index in [0.29, 0.717) is 74.5 Å². The van der Waals surface area contributed by atoms with E-state index in [1.165, 1.54) is 12.1 Å². The molecule has 0 radical (unpaired) electrons. The lowest BCUT2D eigenvalue weighted by atomic mass is 10.1. The number of carbonyl (C=O) groups excluding carboxylic acids is 2. The van der Waals surface area contributed by atoms with Crippen LogP contribution >= 0.6 is 0 Å². The standard InChI is InChI=1S/C32H38F3N5O6/c1-38(28(41)6-4-3-5-7-29(42)43)15-17-46-19-18-45-16-14-36-31(44)22-8-13-27-25(20-22)26-21-39(2)37-30(26)40(27)24-11-9-23(10-12-24)32(33,34)35/h8-13,20-21H,3-7,14-19H2,1-2H3,(H,36,44)(H,42,43). The van der Waals surface area contributed by atoms with Gasteiger partial charge < -0.3 is 24.8 Å². The number of benzene rings is 2. The molecule has 2 amide bonds. The van der Waals surface area contributed by atoms with E-state index >= 15 is 0 Å². The lowest BCUT2D eigenvalue weighted by Crippen LogP contribution is -2.30. The van der Waals surface area contributed by atoms with Crippen LogP contribution in [0.2, 0.25) is 0 Å². The number of nitrogens with one attached hydrogen (secondary N) is 1. The monoisotopic (exact) mass is 645 g/mol. The van der Waals surface area contributed by atoms with Crippen molar-refractivity contribution in [3.8, 4) is 5.69 Å². The van der Waals surface area contributed by atoms with Gasteiger partial charge in [-0.25, -0.2) is 0 Å². The molecule has 4 aromatic rings. The minimum Gasteiger partial charge on any atom is -0.481 e. The van der Waals surface area contributed by atoms with Crippen molar-refractivity contribution in [2.75, 3.05) is 46.6 Å². The van der Waals surface area contributed by atoms with Gasteiger partial charge in [0.05, 0.1) is 37.5 Å². The van der Waals surface area contributed by atoms with Crippen LogP contribution < -0.4 is 5.32 Å². The molecule has 0 bridgehead atoms. The van der Waals surface area contributed by atoms with Crippen LogP contribution in [-0.2, 0) is 32.3 Å². The molecule has 0 fully saturated rings. The van der Waals surface area contributed by atoms with Crippen LogP contribution in [0.15, 0.2) is 48.7 Å². The molecule has 2 aromatic carbocycles. The third-order valence-electron chi connectivity index (χ3n) is 7.45. The second-order valence-corrected chi connectivity index (χ2v) is 10.9. The molecule has 0 saturated heterocycles. The number of hydrogen-bond donors (Lipinski definition) is 2. The topological polar surface area (TPSA) is 128 Å². The first-order valence-corrected chi connectivity index (χ1v) is 15.0. The highest BCUT2D eigenvalue weighted by molar-refractivity contribution is 6.10. The van der Waals surface area contributed by atoms with Crippen molar-refractivity contribution in [2.24, 2.45) is 7.05 Å². The summed E-state index contributed by atoms with van der Waals surface area (Å²) in [4.78, 5) is 37.1. The van der Waals surface area contributed by atoms with Gasteiger partial charge >= 0.3 is 12.1 Å². The van der Waals surface area contributed by atoms with Crippen LogP contribution in [0.4, 0.5) is 13.2 Å². The maximum absolute atomic E-state index is 13.1. The molecular formula is C32H38F3N5O6. The Balaban J connectivity index is 1.20. The van der Waals surface area contributed by atoms with E-state index in [-0.39, 0.29) is 31.4 Å². The molecule has 11 nitrogen and oxygen atoms in total. The summed E-state index contributed by atoms with van der Waals surface area (Å²) in [5.74, 6) is -1.13. The number of amides is 2. The zero-order valence-electron chi connectivity index (χ0n) is 25.8. The fourth-order valence-corrected chi connectivity index (χ4v) is 5.00. The molecule has 2 heterocycles. The maximum atomic E-state index is 13.1. The second kappa shape index (κ2) is 15.7. The Morgan fingerprint density at radius 2 is 1.63 bits per heavy atom. The SMILES string of the molecule is CN(CCOCCOCCNC(=O)c1ccc2c(c1)c1cn(C)nc1n2-c1ccc(C(F)(F)F)cc1)C(=O)CCCCCC(=O)O. The molecule has 0 aliphatic rings. The Morgan fingerprint density at radius 1 is 0.935 bits per heavy atom. The number of ether oxygens (including phenoxy) is 2. The number of carboxylic acid groups (broad SMARTS) is 1. The van der Waals surface area contributed by atoms with Gasteiger partial charge in [0.2, 0.25) is 5.91 Å². The van der Waals surface area contributed by atoms with Gasteiger partial charge in [0.1, 0.15) is 0 Å². The van der Waals surface area contributed by atoms with Crippen LogP contribution in [-0.4, -0.2) is 88.7 Å². The summed E-state index contributed by atoms with van der Waals surface area (Å²) < 4.78 is 53.7. The highest BCUT2D eigenvalue weighted by Crippen LogP contribution is 2.34. The Hall–Kier alpha value is -4.43. The number of alkyl halides is 3. The molecule has 2 aromatic heterocycles. The smallest absolute Gasteiger partial charge is 0.416 e. The second-order valence-electron chi connectivity index (χ2n) is 10.9. The van der Waals surface area contributed by atoms with Crippen molar-refractivity contribution in [1.82, 2.24) is 24.6 Å². The molecule has 46 heavy (non-hydrogen) atoms. The quantitative estimate of drug-likeness (QED) is 0.158. The first-order valence-electron chi connectivity index (χ1n) is 15.0. The molecule has 0 atom stereocenters. The van der Waals surface area contributed by atoms with E-state index in [4.69, 9.17) is 14.6 Å². The lowest BCUT2D eigenvalue weighted by Gasteiger charge is -2.17. The van der Waals surface area contributed by atoms with E-state index in [1.54, 1.807) is 52.6 Å². The van der Waals surface area contributed by atoms with Gasteiger partial charge in [-0.1, -0.05) is 6.42 Å². The number of nitrogens with zero attached hydrogens (tertiary/aromatic N) is 4. The highest BCUT2D eigenvalue weighted by atomic mass is 19.4. The zero-order valence-corrected chi connectivity index (χ0v) is 25.8. The Bertz CT molecular complexity index is 1650. The first kappa shape index (κ1) is 34.4. The molecular weight excluding hydrogens is 607 g/mol. The summed E-state index contributed by atoms with van der Waals surface area (Å²) in [5.41, 5.74) is 1.48. The van der Waals surface area contributed by atoms with Gasteiger partial charge in [-0.15, -0.1) is 0 Å². The third-order valence-corrected chi connectivity index (χ3v) is 7.45. The zero-order chi connectivity index (χ0) is 33.3. The number of carbonyl (C=O) groups is 3. The number of unbranched alkanes of at least 4 members (excludes halogenated alkanes) is 2. The number of fused-ring (bicyclic) bond motifs is 3. The summed E-state index contributed by atoms with van der Waals surface area (Å²) in [6.45, 7) is 1.99. The summed E-state index contributed by atoms with van der Waals surface area (Å²) in [5, 5.41) is 17.5. The van der Waals surface area contributed by atoms with E-state index in [1.807, 2.05) is 0 Å². The molecule has 0 saturated carbocycles. The largest absolute Gasteiger partial charge is 0.481 e. The average Bonchev–Trinajstić information content (AvgIpc) is 3.53. The number of likely N-dealkylation sites (N-methyl/N-ethyl adjacent to an activating group) is 1. The van der Waals surface area contributed by atoms with Gasteiger partial charge in [0, 0.05) is 68.2 Å². The molecule has 248 valence electrons. The van der Waals surface area contributed by atoms with Crippen molar-refractivity contribution in [2.45, 2.75) is 38.3 Å². The van der Waals surface area contributed by atoms with Crippen LogP contribution in [0.25, 0.3) is 27.6 Å². The number of rotatable bonds is 17. The van der Waals surface area contributed by atoms with Crippen LogP contribution in [0.3, 0.4) is 0 Å². The van der Waals surface area contributed by atoms with Gasteiger partial charge in [-0.2, -0.15) is 18.3 Å². The van der Waals surface area contributed by atoms with E-state index in [9.17, 15) is 27.6 Å². The predicted molar refractivity (Wildman–Crippen MR) is 165 cm³/mol. The number of aryl methyl sites for hydroxylation is 1. The summed E-state index contributed by atoms with van der Waals surface area (Å²) >= 11 is 0. The number of carboxylic acids is 1. The van der Waals surface area contributed by atoms with Crippen molar-refractivity contribution >= 4 is 39.7 Å². The molecule has 0 spiro atoms. The fourth-order valence-electron chi connectivity index (χ4n) is 5.00. The van der Waals surface area contributed by atoms with E-state index < -0.39 is 17.7 Å². The minimum atomic E-state index is -4.44. The molecule has 0 aliphatic carbocycles. The Labute approximate surface area is 263 Å². The number of aliphatic carboxylic acids is 1. The molecule has 0 unspecified atom stereocenters. The van der Waals surface area contributed by atoms with E-state index in [2.05, 4.69) is 10.4 Å². The fraction of sp³-hybridized carbons (Fsp3) is 0.438. The van der Waals surface area contributed by atoms with Gasteiger partial charge in [-0.05, 0) is 55.3 Å². The predicted octanol–water partition coefficient (Wildman–Crippen LogP) is 4.79. The number of halogens is 3. The number of aromatic nitrogens is 3. The summed E-state index contributed by atoms with van der Waals surface area (Å²) in [6, 6.07) is 10.0. The van der Waals surface area contributed by atoms with Crippen molar-refractivity contribution in [3.05, 3.63) is 59.8 Å². The Morgan fingerprint density at radius 3 is 2.33 bits per heavy atom. The normalized spacial score (nSPS) is 11.8. The Kier molecular flexibility index (Phi) is 11.8. The summed E-state index contributed by atoms with van der Waals surface area (Å²) in [6.07, 6.45) is -0.214. The van der Waals surface area contributed by atoms with Gasteiger partial charge in [0.15, 0.2) is 5.65 Å². The highest BCUT2D eigenvalue weighted by Gasteiger charge is 2.30. The first-order chi connectivity index (χ1) is 22.0. The molecule has 14 heteroatoms. The van der Waals surface area contributed by atoms with Crippen LogP contribution in [0, 0.1) is 0 Å². The van der Waals surface area contributed by atoms with Crippen LogP contribution in [0.1, 0.15) is 48.0 Å². The summed E-state index contributed by atoms with van der Waals surface area (Å²) in [7, 11) is 3.45. The van der Waals surface area contributed by atoms with Crippen molar-refractivity contribution in [3.63, 3.8) is 0 Å². The van der Waals surface area contributed by atoms with E-state index in [0.717, 1.165) is 22.9 Å². The molecule has 4 rings (SSSR count). The third kappa shape index (κ3) is 9.07. The minimum absolute atomic E-state index is 0.00774. The van der Waals surface area contributed by atoms with Crippen molar-refractivity contribution < 1.29 is 42.1 Å². The molecule has 2 N–H and O–H groups in total. The lowest BCUT2D eigenvalue weighted by molar-refractivity contribution is -0.138. The average molecular weight is 646 g/mol. The van der Waals surface area contributed by atoms with Crippen molar-refractivity contribution in [1.29, 1.82) is 0 Å². The maximum Gasteiger partial charge on any atom is 0.416 e. The van der Waals surface area contributed by atoms with Gasteiger partial charge in [-0.3, -0.25) is 23.6 Å². The van der Waals surface area contributed by atoms with Crippen LogP contribution in [0.5, 0.6) is 0 Å². The van der Waals surface area contributed by atoms with Gasteiger partial charge in [0.25, 0.3) is 5.91 Å². The molecule has 0 aliphatic heterocycles. The number of hydrogen-bond acceptors (Lipinski definition) is 6.